The maximum atomic E-state index is 13.3. The fourth-order valence-corrected chi connectivity index (χ4v) is 1.95. The van der Waals surface area contributed by atoms with E-state index in [9.17, 15) is 8.60 Å². The van der Waals surface area contributed by atoms with Crippen LogP contribution in [0.25, 0.3) is 0 Å². The van der Waals surface area contributed by atoms with E-state index in [1.807, 2.05) is 37.3 Å². The standard InChI is InChI=1S/C12H18FNO2S/c1-10(11-5-3-2-4-6-11)14-9-12(13)7-8-17(15)16/h2-6,10,12,14H,7-9H2,1H3,(H,15,16). The lowest BCUT2D eigenvalue weighted by atomic mass is 10.1. The highest BCUT2D eigenvalue weighted by atomic mass is 32.2. The first-order valence-electron chi connectivity index (χ1n) is 5.59. The van der Waals surface area contributed by atoms with Crippen LogP contribution in [0.1, 0.15) is 24.9 Å². The van der Waals surface area contributed by atoms with Crippen molar-refractivity contribution < 1.29 is 13.2 Å². The van der Waals surface area contributed by atoms with Crippen LogP contribution in [0, 0.1) is 0 Å². The average molecular weight is 259 g/mol. The molecule has 0 aliphatic rings. The minimum atomic E-state index is -1.90. The van der Waals surface area contributed by atoms with Crippen LogP contribution in [-0.2, 0) is 11.1 Å². The molecule has 1 aromatic rings. The molecule has 5 heteroatoms. The number of hydrogen-bond acceptors (Lipinski definition) is 2. The van der Waals surface area contributed by atoms with Crippen LogP contribution < -0.4 is 5.32 Å². The van der Waals surface area contributed by atoms with Crippen molar-refractivity contribution in [2.75, 3.05) is 12.3 Å². The van der Waals surface area contributed by atoms with Gasteiger partial charge in [0, 0.05) is 12.6 Å². The lowest BCUT2D eigenvalue weighted by Gasteiger charge is -2.15. The summed E-state index contributed by atoms with van der Waals surface area (Å²) in [4.78, 5) is 0. The number of hydrogen-bond donors (Lipinski definition) is 2. The van der Waals surface area contributed by atoms with Crippen molar-refractivity contribution in [2.45, 2.75) is 25.6 Å². The normalized spacial score (nSPS) is 16.4. The van der Waals surface area contributed by atoms with Crippen molar-refractivity contribution in [3.8, 4) is 0 Å². The molecule has 17 heavy (non-hydrogen) atoms. The molecule has 96 valence electrons. The maximum absolute atomic E-state index is 13.3. The fraction of sp³-hybridized carbons (Fsp3) is 0.500. The Kier molecular flexibility index (Phi) is 6.32. The Hall–Kier alpha value is -0.780. The van der Waals surface area contributed by atoms with Crippen LogP contribution in [0.5, 0.6) is 0 Å². The lowest BCUT2D eigenvalue weighted by molar-refractivity contribution is 0.301. The van der Waals surface area contributed by atoms with Crippen LogP contribution in [-0.4, -0.2) is 27.2 Å². The SMILES string of the molecule is CC(NCC(F)CCS(=O)O)c1ccccc1. The predicted octanol–water partition coefficient (Wildman–Crippen LogP) is 2.29. The quantitative estimate of drug-likeness (QED) is 0.739. The molecule has 0 spiro atoms. The second-order valence-corrected chi connectivity index (χ2v) is 5.00. The molecule has 0 aliphatic carbocycles. The summed E-state index contributed by atoms with van der Waals surface area (Å²) < 4.78 is 32.3. The van der Waals surface area contributed by atoms with Gasteiger partial charge in [-0.05, 0) is 18.9 Å². The van der Waals surface area contributed by atoms with Gasteiger partial charge in [-0.15, -0.1) is 0 Å². The Bertz CT molecular complexity index is 348. The Labute approximate surface area is 104 Å². The van der Waals surface area contributed by atoms with Gasteiger partial charge in [-0.3, -0.25) is 0 Å². The van der Waals surface area contributed by atoms with E-state index in [0.717, 1.165) is 5.56 Å². The Morgan fingerprint density at radius 1 is 1.41 bits per heavy atom. The molecule has 1 rings (SSSR count). The van der Waals surface area contributed by atoms with E-state index in [-0.39, 0.29) is 24.8 Å². The third kappa shape index (κ3) is 5.91. The van der Waals surface area contributed by atoms with Crippen molar-refractivity contribution in [1.29, 1.82) is 0 Å². The maximum Gasteiger partial charge on any atom is 0.152 e. The monoisotopic (exact) mass is 259 g/mol. The molecule has 0 amide bonds. The van der Waals surface area contributed by atoms with Gasteiger partial charge < -0.3 is 9.87 Å². The third-order valence-electron chi connectivity index (χ3n) is 2.55. The van der Waals surface area contributed by atoms with Crippen LogP contribution in [0.2, 0.25) is 0 Å². The number of halogens is 1. The molecule has 0 bridgehead atoms. The van der Waals surface area contributed by atoms with E-state index in [2.05, 4.69) is 5.32 Å². The summed E-state index contributed by atoms with van der Waals surface area (Å²) in [5, 5.41) is 3.07. The zero-order valence-corrected chi connectivity index (χ0v) is 10.6. The van der Waals surface area contributed by atoms with Gasteiger partial charge in [-0.25, -0.2) is 8.60 Å². The van der Waals surface area contributed by atoms with Crippen LogP contribution in [0.4, 0.5) is 4.39 Å². The second-order valence-electron chi connectivity index (χ2n) is 3.95. The first kappa shape index (κ1) is 14.3. The smallest absolute Gasteiger partial charge is 0.152 e. The van der Waals surface area contributed by atoms with Gasteiger partial charge in [0.15, 0.2) is 11.1 Å². The van der Waals surface area contributed by atoms with Crippen molar-refractivity contribution in [3.05, 3.63) is 35.9 Å². The minimum absolute atomic E-state index is 0.0113. The van der Waals surface area contributed by atoms with Gasteiger partial charge in [0.05, 0.1) is 5.75 Å². The molecule has 3 atom stereocenters. The summed E-state index contributed by atoms with van der Waals surface area (Å²) in [7, 11) is 0. The zero-order valence-electron chi connectivity index (χ0n) is 9.80. The summed E-state index contributed by atoms with van der Waals surface area (Å²) in [5.41, 5.74) is 1.10. The van der Waals surface area contributed by atoms with Crippen molar-refractivity contribution in [3.63, 3.8) is 0 Å². The largest absolute Gasteiger partial charge is 0.307 e. The van der Waals surface area contributed by atoms with E-state index in [1.165, 1.54) is 0 Å². The van der Waals surface area contributed by atoms with Crippen molar-refractivity contribution >= 4 is 11.1 Å². The van der Waals surface area contributed by atoms with Crippen LogP contribution >= 0.6 is 0 Å². The number of rotatable bonds is 7. The van der Waals surface area contributed by atoms with Gasteiger partial charge in [-0.2, -0.15) is 0 Å². The highest BCUT2D eigenvalue weighted by Gasteiger charge is 2.10. The summed E-state index contributed by atoms with van der Waals surface area (Å²) >= 11 is -1.90. The van der Waals surface area contributed by atoms with Gasteiger partial charge in [0.25, 0.3) is 0 Å². The Balaban J connectivity index is 2.28. The molecular formula is C12H18FNO2S. The molecule has 0 saturated carbocycles. The van der Waals surface area contributed by atoms with Gasteiger partial charge in [0.1, 0.15) is 6.17 Å². The van der Waals surface area contributed by atoms with E-state index >= 15 is 0 Å². The molecule has 1 aromatic carbocycles. The lowest BCUT2D eigenvalue weighted by Crippen LogP contribution is -2.27. The molecular weight excluding hydrogens is 241 g/mol. The second kappa shape index (κ2) is 7.53. The first-order chi connectivity index (χ1) is 8.09. The van der Waals surface area contributed by atoms with Gasteiger partial charge in [-0.1, -0.05) is 30.3 Å². The topological polar surface area (TPSA) is 49.3 Å². The zero-order chi connectivity index (χ0) is 12.7. The molecule has 0 saturated heterocycles. The predicted molar refractivity (Wildman–Crippen MR) is 68.0 cm³/mol. The molecule has 0 aliphatic heterocycles. The summed E-state index contributed by atoms with van der Waals surface area (Å²) in [6, 6.07) is 9.85. The fourth-order valence-electron chi connectivity index (χ4n) is 1.49. The van der Waals surface area contributed by atoms with Crippen LogP contribution in [0.15, 0.2) is 30.3 Å². The molecule has 0 heterocycles. The highest BCUT2D eigenvalue weighted by molar-refractivity contribution is 7.79. The Morgan fingerprint density at radius 3 is 2.65 bits per heavy atom. The van der Waals surface area contributed by atoms with E-state index < -0.39 is 17.3 Å². The third-order valence-corrected chi connectivity index (χ3v) is 3.14. The summed E-state index contributed by atoms with van der Waals surface area (Å²) in [5.74, 6) is -0.0113. The molecule has 2 N–H and O–H groups in total. The van der Waals surface area contributed by atoms with E-state index in [1.54, 1.807) is 0 Å². The number of alkyl halides is 1. The molecule has 3 nitrogen and oxygen atoms in total. The van der Waals surface area contributed by atoms with Gasteiger partial charge in [0.2, 0.25) is 0 Å². The molecule has 0 fully saturated rings. The van der Waals surface area contributed by atoms with E-state index in [0.29, 0.717) is 0 Å². The average Bonchev–Trinajstić information content (AvgIpc) is 2.34. The highest BCUT2D eigenvalue weighted by Crippen LogP contribution is 2.11. The first-order valence-corrected chi connectivity index (χ1v) is 6.87. The molecule has 0 aromatic heterocycles. The molecule has 0 radical (unpaired) electrons. The van der Waals surface area contributed by atoms with Gasteiger partial charge >= 0.3 is 0 Å². The number of nitrogens with one attached hydrogen (secondary N) is 1. The minimum Gasteiger partial charge on any atom is -0.307 e. The van der Waals surface area contributed by atoms with Crippen molar-refractivity contribution in [1.82, 2.24) is 5.32 Å². The van der Waals surface area contributed by atoms with E-state index in [4.69, 9.17) is 4.55 Å². The number of benzene rings is 1. The summed E-state index contributed by atoms with van der Waals surface area (Å²) in [6.07, 6.45) is -0.977. The summed E-state index contributed by atoms with van der Waals surface area (Å²) in [6.45, 7) is 2.17. The van der Waals surface area contributed by atoms with Crippen LogP contribution in [0.3, 0.4) is 0 Å². The van der Waals surface area contributed by atoms with Crippen molar-refractivity contribution in [2.24, 2.45) is 0 Å². The Morgan fingerprint density at radius 2 is 2.06 bits per heavy atom. The molecule has 3 unspecified atom stereocenters.